The van der Waals surface area contributed by atoms with Gasteiger partial charge >= 0.3 is 0 Å². The number of aromatic nitrogens is 4. The molecule has 0 saturated carbocycles. The second-order valence-corrected chi connectivity index (χ2v) is 5.62. The Bertz CT molecular complexity index is 601. The number of nitrogens with zero attached hydrogens (tertiary/aromatic N) is 4. The predicted molar refractivity (Wildman–Crippen MR) is 83.5 cm³/mol. The molecule has 0 spiro atoms. The van der Waals surface area contributed by atoms with E-state index in [0.717, 1.165) is 17.0 Å². The third kappa shape index (κ3) is 4.02. The number of hydrogen-bond acceptors (Lipinski definition) is 6. The molecule has 1 heterocycles. The first-order valence-electron chi connectivity index (χ1n) is 6.51. The summed E-state index contributed by atoms with van der Waals surface area (Å²) in [5, 5.41) is 13.9. The lowest BCUT2D eigenvalue weighted by molar-refractivity contribution is -0.117. The monoisotopic (exact) mass is 306 g/mol. The lowest BCUT2D eigenvalue weighted by Gasteiger charge is -2.13. The fraction of sp³-hybridized carbons (Fsp3) is 0.385. The molecular weight excluding hydrogens is 288 g/mol. The van der Waals surface area contributed by atoms with Crippen molar-refractivity contribution in [3.63, 3.8) is 0 Å². The van der Waals surface area contributed by atoms with Gasteiger partial charge in [-0.15, -0.1) is 5.10 Å². The Morgan fingerprint density at radius 1 is 1.52 bits per heavy atom. The van der Waals surface area contributed by atoms with Crippen LogP contribution in [0.3, 0.4) is 0 Å². The molecule has 21 heavy (non-hydrogen) atoms. The van der Waals surface area contributed by atoms with E-state index in [1.807, 2.05) is 31.4 Å². The van der Waals surface area contributed by atoms with Crippen LogP contribution in [0.5, 0.6) is 0 Å². The maximum Gasteiger partial charge on any atom is 0.241 e. The van der Waals surface area contributed by atoms with Crippen LogP contribution < -0.4 is 11.1 Å². The van der Waals surface area contributed by atoms with Gasteiger partial charge in [0.2, 0.25) is 5.91 Å². The summed E-state index contributed by atoms with van der Waals surface area (Å²) in [7, 11) is 0. The number of nitrogens with two attached hydrogens (primary N) is 1. The summed E-state index contributed by atoms with van der Waals surface area (Å²) in [6, 6.07) is 5.05. The molecule has 1 aromatic heterocycles. The van der Waals surface area contributed by atoms with E-state index in [1.165, 1.54) is 6.33 Å². The molecule has 1 atom stereocenters. The summed E-state index contributed by atoms with van der Waals surface area (Å²) in [5.74, 6) is 0.699. The van der Waals surface area contributed by atoms with Gasteiger partial charge in [-0.05, 0) is 59.5 Å². The minimum Gasteiger partial charge on any atom is -0.325 e. The zero-order valence-electron chi connectivity index (χ0n) is 12.0. The van der Waals surface area contributed by atoms with Gasteiger partial charge in [0.1, 0.15) is 6.33 Å². The van der Waals surface area contributed by atoms with Gasteiger partial charge in [-0.3, -0.25) is 4.79 Å². The van der Waals surface area contributed by atoms with Crippen LogP contribution in [0.1, 0.15) is 12.0 Å². The number of tetrazole rings is 1. The van der Waals surface area contributed by atoms with E-state index < -0.39 is 6.04 Å². The molecule has 0 saturated heterocycles. The van der Waals surface area contributed by atoms with Crippen molar-refractivity contribution in [2.45, 2.75) is 19.4 Å². The van der Waals surface area contributed by atoms with Crippen LogP contribution >= 0.6 is 11.8 Å². The summed E-state index contributed by atoms with van der Waals surface area (Å²) in [5.41, 5.74) is 8.38. The molecule has 3 N–H and O–H groups in total. The van der Waals surface area contributed by atoms with Crippen LogP contribution in [-0.2, 0) is 4.79 Å². The topological polar surface area (TPSA) is 98.7 Å². The van der Waals surface area contributed by atoms with Crippen LogP contribution in [0.15, 0.2) is 24.5 Å². The third-order valence-corrected chi connectivity index (χ3v) is 3.67. The number of aryl methyl sites for hydroxylation is 1. The van der Waals surface area contributed by atoms with E-state index >= 15 is 0 Å². The van der Waals surface area contributed by atoms with Crippen molar-refractivity contribution in [1.29, 1.82) is 0 Å². The second kappa shape index (κ2) is 7.19. The molecule has 2 aromatic rings. The SMILES string of the molecule is CSCC[C@H](N)C(=O)Nc1ccc(-n2cnnn2)c(C)c1. The molecule has 0 unspecified atom stereocenters. The molecule has 7 nitrogen and oxygen atoms in total. The Hall–Kier alpha value is -1.93. The van der Waals surface area contributed by atoms with Crippen LogP contribution in [-0.4, -0.2) is 44.2 Å². The fourth-order valence-electron chi connectivity index (χ4n) is 1.87. The lowest BCUT2D eigenvalue weighted by Crippen LogP contribution is -2.36. The van der Waals surface area contributed by atoms with Crippen LogP contribution in [0, 0.1) is 6.92 Å². The zero-order valence-corrected chi connectivity index (χ0v) is 12.8. The fourth-order valence-corrected chi connectivity index (χ4v) is 2.36. The summed E-state index contributed by atoms with van der Waals surface area (Å²) in [4.78, 5) is 12.0. The van der Waals surface area contributed by atoms with Gasteiger partial charge < -0.3 is 11.1 Å². The van der Waals surface area contributed by atoms with Gasteiger partial charge in [0.15, 0.2) is 0 Å². The Morgan fingerprint density at radius 3 is 2.95 bits per heavy atom. The van der Waals surface area contributed by atoms with Crippen LogP contribution in [0.4, 0.5) is 5.69 Å². The smallest absolute Gasteiger partial charge is 0.241 e. The second-order valence-electron chi connectivity index (χ2n) is 4.63. The molecule has 0 aliphatic heterocycles. The Kier molecular flexibility index (Phi) is 5.29. The standard InChI is InChI=1S/C13H18N6OS/c1-9-7-10(16-13(20)11(14)5-6-21-2)3-4-12(9)19-8-15-17-18-19/h3-4,7-8,11H,5-6,14H2,1-2H3,(H,16,20)/t11-/m0/s1. The Morgan fingerprint density at radius 2 is 2.33 bits per heavy atom. The first-order chi connectivity index (χ1) is 10.1. The molecule has 0 fully saturated rings. The highest BCUT2D eigenvalue weighted by molar-refractivity contribution is 7.98. The van der Waals surface area contributed by atoms with E-state index in [9.17, 15) is 4.79 Å². The highest BCUT2D eigenvalue weighted by Crippen LogP contribution is 2.18. The highest BCUT2D eigenvalue weighted by atomic mass is 32.2. The summed E-state index contributed by atoms with van der Waals surface area (Å²) < 4.78 is 1.57. The van der Waals surface area contributed by atoms with Gasteiger partial charge in [-0.25, -0.2) is 4.68 Å². The van der Waals surface area contributed by atoms with Gasteiger partial charge in [0.05, 0.1) is 11.7 Å². The zero-order chi connectivity index (χ0) is 15.2. The number of anilines is 1. The van der Waals surface area contributed by atoms with Crippen molar-refractivity contribution in [1.82, 2.24) is 20.2 Å². The first kappa shape index (κ1) is 15.5. The Labute approximate surface area is 127 Å². The summed E-state index contributed by atoms with van der Waals surface area (Å²) >= 11 is 1.67. The maximum atomic E-state index is 12.0. The number of amides is 1. The molecule has 8 heteroatoms. The van der Waals surface area contributed by atoms with Gasteiger partial charge in [-0.2, -0.15) is 11.8 Å². The summed E-state index contributed by atoms with van der Waals surface area (Å²) in [6.45, 7) is 1.93. The molecule has 112 valence electrons. The van der Waals surface area contributed by atoms with Gasteiger partial charge in [0.25, 0.3) is 0 Å². The number of carbonyl (C=O) groups is 1. The molecule has 0 aliphatic rings. The highest BCUT2D eigenvalue weighted by Gasteiger charge is 2.13. The molecule has 2 rings (SSSR count). The minimum absolute atomic E-state index is 0.168. The van der Waals surface area contributed by atoms with E-state index in [4.69, 9.17) is 5.73 Å². The molecule has 1 aromatic carbocycles. The molecule has 0 radical (unpaired) electrons. The van der Waals surface area contributed by atoms with Crippen molar-refractivity contribution < 1.29 is 4.79 Å². The number of rotatable bonds is 6. The number of benzene rings is 1. The van der Waals surface area contributed by atoms with E-state index in [1.54, 1.807) is 16.4 Å². The largest absolute Gasteiger partial charge is 0.325 e. The van der Waals surface area contributed by atoms with Crippen molar-refractivity contribution in [2.24, 2.45) is 5.73 Å². The predicted octanol–water partition coefficient (Wildman–Crippen LogP) is 0.990. The lowest BCUT2D eigenvalue weighted by atomic mass is 10.1. The quantitative estimate of drug-likeness (QED) is 0.825. The maximum absolute atomic E-state index is 12.0. The van der Waals surface area contributed by atoms with Crippen molar-refractivity contribution >= 4 is 23.4 Å². The number of hydrogen-bond donors (Lipinski definition) is 2. The first-order valence-corrected chi connectivity index (χ1v) is 7.90. The van der Waals surface area contributed by atoms with Gasteiger partial charge in [-0.1, -0.05) is 0 Å². The van der Waals surface area contributed by atoms with Crippen molar-refractivity contribution in [2.75, 3.05) is 17.3 Å². The average Bonchev–Trinajstić information content (AvgIpc) is 2.98. The van der Waals surface area contributed by atoms with Crippen molar-refractivity contribution in [3.05, 3.63) is 30.1 Å². The molecular formula is C13H18N6OS. The van der Waals surface area contributed by atoms with E-state index in [2.05, 4.69) is 20.8 Å². The van der Waals surface area contributed by atoms with E-state index in [0.29, 0.717) is 12.1 Å². The number of carbonyl (C=O) groups excluding carboxylic acids is 1. The molecule has 0 aliphatic carbocycles. The van der Waals surface area contributed by atoms with Gasteiger partial charge in [0, 0.05) is 5.69 Å². The normalized spacial score (nSPS) is 12.1. The average molecular weight is 306 g/mol. The van der Waals surface area contributed by atoms with E-state index in [-0.39, 0.29) is 5.91 Å². The summed E-state index contributed by atoms with van der Waals surface area (Å²) in [6.07, 6.45) is 4.18. The minimum atomic E-state index is -0.489. The van der Waals surface area contributed by atoms with Crippen LogP contribution in [0.25, 0.3) is 5.69 Å². The molecule has 0 bridgehead atoms. The van der Waals surface area contributed by atoms with Crippen molar-refractivity contribution in [3.8, 4) is 5.69 Å². The number of thioether (sulfide) groups is 1. The molecule has 1 amide bonds. The number of nitrogens with one attached hydrogen (secondary N) is 1. The third-order valence-electron chi connectivity index (χ3n) is 3.03. The Balaban J connectivity index is 2.05. The van der Waals surface area contributed by atoms with Crippen LogP contribution in [0.2, 0.25) is 0 Å².